The highest BCUT2D eigenvalue weighted by Gasteiger charge is 2.23. The molecule has 1 N–H and O–H groups in total. The van der Waals surface area contributed by atoms with Gasteiger partial charge < -0.3 is 10.0 Å². The zero-order valence-corrected chi connectivity index (χ0v) is 18.1. The van der Waals surface area contributed by atoms with E-state index >= 15 is 0 Å². The van der Waals surface area contributed by atoms with Crippen molar-refractivity contribution in [2.75, 3.05) is 19.0 Å². The van der Waals surface area contributed by atoms with Gasteiger partial charge in [-0.05, 0) is 30.3 Å². The molecule has 0 amide bonds. The number of anilines is 1. The number of halogens is 1. The number of phenolic OH excluding ortho intramolecular Hbond substituents is 1. The highest BCUT2D eigenvalue weighted by molar-refractivity contribution is 9.10. The van der Waals surface area contributed by atoms with E-state index < -0.39 is 5.41 Å². The van der Waals surface area contributed by atoms with Crippen LogP contribution in [0.4, 0.5) is 5.69 Å². The molecule has 3 aromatic rings. The Balaban J connectivity index is 2.18. The van der Waals surface area contributed by atoms with Crippen LogP contribution >= 0.6 is 15.9 Å². The Bertz CT molecular complexity index is 1130. The summed E-state index contributed by atoms with van der Waals surface area (Å²) in [6.07, 6.45) is 1.48. The molecule has 0 saturated heterocycles. The van der Waals surface area contributed by atoms with E-state index in [4.69, 9.17) is 0 Å². The van der Waals surface area contributed by atoms with Crippen molar-refractivity contribution in [1.82, 2.24) is 9.66 Å². The Morgan fingerprint density at radius 3 is 2.50 bits per heavy atom. The summed E-state index contributed by atoms with van der Waals surface area (Å²) in [4.78, 5) is 19.7. The number of aromatic hydroxyl groups is 1. The Labute approximate surface area is 172 Å². The zero-order chi connectivity index (χ0) is 20.6. The molecule has 0 unspecified atom stereocenters. The summed E-state index contributed by atoms with van der Waals surface area (Å²) in [7, 11) is 3.80. The highest BCUT2D eigenvalue weighted by Crippen LogP contribution is 2.24. The molecule has 3 rings (SSSR count). The quantitative estimate of drug-likeness (QED) is 0.619. The van der Waals surface area contributed by atoms with Crippen LogP contribution < -0.4 is 10.5 Å². The topological polar surface area (TPSA) is 70.7 Å². The van der Waals surface area contributed by atoms with Crippen molar-refractivity contribution >= 4 is 38.7 Å². The molecule has 0 bridgehead atoms. The van der Waals surface area contributed by atoms with Crippen molar-refractivity contribution in [1.29, 1.82) is 0 Å². The van der Waals surface area contributed by atoms with E-state index in [1.165, 1.54) is 10.9 Å². The predicted octanol–water partition coefficient (Wildman–Crippen LogP) is 4.11. The lowest BCUT2D eigenvalue weighted by Gasteiger charge is -2.21. The first-order valence-electron chi connectivity index (χ1n) is 8.85. The highest BCUT2D eigenvalue weighted by atomic mass is 79.9. The van der Waals surface area contributed by atoms with E-state index in [2.05, 4.69) is 26.0 Å². The lowest BCUT2D eigenvalue weighted by molar-refractivity contribution is 0.474. The van der Waals surface area contributed by atoms with E-state index in [0.29, 0.717) is 22.3 Å². The van der Waals surface area contributed by atoms with Crippen LogP contribution in [0.3, 0.4) is 0 Å². The minimum atomic E-state index is -0.394. The average molecular weight is 443 g/mol. The second-order valence-electron chi connectivity index (χ2n) is 7.85. The van der Waals surface area contributed by atoms with Gasteiger partial charge in [-0.15, -0.1) is 0 Å². The second-order valence-corrected chi connectivity index (χ2v) is 8.76. The van der Waals surface area contributed by atoms with Crippen molar-refractivity contribution in [3.8, 4) is 5.75 Å². The fraction of sp³-hybridized carbons (Fsp3) is 0.286. The number of hydrogen-bond donors (Lipinski definition) is 1. The van der Waals surface area contributed by atoms with Crippen molar-refractivity contribution in [2.24, 2.45) is 5.10 Å². The second kappa shape index (κ2) is 7.39. The van der Waals surface area contributed by atoms with Gasteiger partial charge in [-0.3, -0.25) is 4.79 Å². The Kier molecular flexibility index (Phi) is 5.30. The van der Waals surface area contributed by atoms with E-state index in [9.17, 15) is 9.90 Å². The molecule has 6 nitrogen and oxygen atoms in total. The molecule has 0 fully saturated rings. The molecule has 7 heteroatoms. The van der Waals surface area contributed by atoms with Crippen LogP contribution in [0.5, 0.6) is 5.75 Å². The van der Waals surface area contributed by atoms with E-state index in [-0.39, 0.29) is 11.3 Å². The molecule has 0 radical (unpaired) electrons. The van der Waals surface area contributed by atoms with Crippen LogP contribution in [-0.2, 0) is 5.41 Å². The molecular formula is C21H23BrN4O2. The average Bonchev–Trinajstić information content (AvgIpc) is 2.61. The van der Waals surface area contributed by atoms with Gasteiger partial charge in [-0.25, -0.2) is 4.98 Å². The standard InChI is InChI=1S/C21H23BrN4O2/c1-21(2,3)20-24-17-9-7-14(22)10-16(17)19(28)26(20)23-12-13-6-8-15(25(4)5)11-18(13)27/h6-12,27H,1-5H3. The van der Waals surface area contributed by atoms with Crippen molar-refractivity contribution < 1.29 is 5.11 Å². The first kappa shape index (κ1) is 20.1. The molecule has 0 aliphatic heterocycles. The van der Waals surface area contributed by atoms with Gasteiger partial charge in [0, 0.05) is 41.3 Å². The molecule has 0 spiro atoms. The van der Waals surface area contributed by atoms with E-state index in [1.807, 2.05) is 58.0 Å². The van der Waals surface area contributed by atoms with Crippen LogP contribution in [0.15, 0.2) is 50.8 Å². The summed E-state index contributed by atoms with van der Waals surface area (Å²) in [5, 5.41) is 15.2. The Morgan fingerprint density at radius 1 is 1.18 bits per heavy atom. The van der Waals surface area contributed by atoms with Gasteiger partial charge in [-0.1, -0.05) is 36.7 Å². The lowest BCUT2D eigenvalue weighted by Crippen LogP contribution is -2.29. The fourth-order valence-corrected chi connectivity index (χ4v) is 3.14. The van der Waals surface area contributed by atoms with Crippen molar-refractivity contribution in [2.45, 2.75) is 26.2 Å². The van der Waals surface area contributed by atoms with Gasteiger partial charge >= 0.3 is 0 Å². The molecule has 1 aromatic heterocycles. The molecule has 146 valence electrons. The largest absolute Gasteiger partial charge is 0.507 e. The normalized spacial score (nSPS) is 12.1. The van der Waals surface area contributed by atoms with Crippen LogP contribution in [0, 0.1) is 0 Å². The predicted molar refractivity (Wildman–Crippen MR) is 118 cm³/mol. The molecular weight excluding hydrogens is 420 g/mol. The van der Waals surface area contributed by atoms with Crippen LogP contribution in [0.1, 0.15) is 32.2 Å². The van der Waals surface area contributed by atoms with Crippen LogP contribution in [0.25, 0.3) is 10.9 Å². The van der Waals surface area contributed by atoms with Gasteiger partial charge in [0.05, 0.1) is 17.1 Å². The monoisotopic (exact) mass is 442 g/mol. The maximum Gasteiger partial charge on any atom is 0.282 e. The molecule has 2 aromatic carbocycles. The lowest BCUT2D eigenvalue weighted by atomic mass is 9.95. The van der Waals surface area contributed by atoms with Gasteiger partial charge in [0.2, 0.25) is 0 Å². The third kappa shape index (κ3) is 3.94. The maximum atomic E-state index is 13.1. The summed E-state index contributed by atoms with van der Waals surface area (Å²) in [6, 6.07) is 10.7. The number of benzene rings is 2. The SMILES string of the molecule is CN(C)c1ccc(C=Nn2c(C(C)(C)C)nc3ccc(Br)cc3c2=O)c(O)c1. The summed E-state index contributed by atoms with van der Waals surface area (Å²) in [5.41, 5.74) is 1.37. The van der Waals surface area contributed by atoms with Crippen molar-refractivity contribution in [3.05, 3.63) is 62.6 Å². The maximum absolute atomic E-state index is 13.1. The zero-order valence-electron chi connectivity index (χ0n) is 16.6. The summed E-state index contributed by atoms with van der Waals surface area (Å²) >= 11 is 3.40. The number of rotatable bonds is 3. The minimum Gasteiger partial charge on any atom is -0.507 e. The van der Waals surface area contributed by atoms with Gasteiger partial charge in [0.15, 0.2) is 0 Å². The number of nitrogens with zero attached hydrogens (tertiary/aromatic N) is 4. The van der Waals surface area contributed by atoms with Crippen molar-refractivity contribution in [3.63, 3.8) is 0 Å². The third-order valence-corrected chi connectivity index (χ3v) is 4.82. The molecule has 0 atom stereocenters. The Hall–Kier alpha value is -2.67. The number of phenols is 1. The van der Waals surface area contributed by atoms with E-state index in [1.54, 1.807) is 18.2 Å². The third-order valence-electron chi connectivity index (χ3n) is 4.32. The molecule has 0 aliphatic rings. The molecule has 0 aliphatic carbocycles. The van der Waals surface area contributed by atoms with Crippen LogP contribution in [-0.4, -0.2) is 35.1 Å². The van der Waals surface area contributed by atoms with Crippen LogP contribution in [0.2, 0.25) is 0 Å². The van der Waals surface area contributed by atoms with Gasteiger partial charge in [0.1, 0.15) is 11.6 Å². The van der Waals surface area contributed by atoms with E-state index in [0.717, 1.165) is 10.2 Å². The minimum absolute atomic E-state index is 0.0943. The fourth-order valence-electron chi connectivity index (χ4n) is 2.78. The first-order valence-corrected chi connectivity index (χ1v) is 9.65. The molecule has 1 heterocycles. The smallest absolute Gasteiger partial charge is 0.282 e. The Morgan fingerprint density at radius 2 is 1.89 bits per heavy atom. The number of hydrogen-bond acceptors (Lipinski definition) is 5. The molecule has 28 heavy (non-hydrogen) atoms. The number of aromatic nitrogens is 2. The summed E-state index contributed by atoms with van der Waals surface area (Å²) in [6.45, 7) is 5.94. The summed E-state index contributed by atoms with van der Waals surface area (Å²) < 4.78 is 2.11. The van der Waals surface area contributed by atoms with Gasteiger partial charge in [-0.2, -0.15) is 9.78 Å². The van der Waals surface area contributed by atoms with Gasteiger partial charge in [0.25, 0.3) is 5.56 Å². The first-order chi connectivity index (χ1) is 13.1. The molecule has 0 saturated carbocycles. The summed E-state index contributed by atoms with van der Waals surface area (Å²) in [5.74, 6) is 0.643. The number of fused-ring (bicyclic) bond motifs is 1.